The Kier molecular flexibility index (Phi) is 4.62. The SMILES string of the molecule is COc1ccc(NC(=O)C(C)n2cc(Cl)cn2)c([N+](=O)[O-])c1. The Morgan fingerprint density at radius 1 is 1.55 bits per heavy atom. The molecular formula is C13H13ClN4O4. The van der Waals surface area contributed by atoms with Gasteiger partial charge < -0.3 is 10.1 Å². The zero-order valence-corrected chi connectivity index (χ0v) is 12.6. The van der Waals surface area contributed by atoms with Crippen molar-refractivity contribution in [3.8, 4) is 5.75 Å². The maximum Gasteiger partial charge on any atom is 0.296 e. The van der Waals surface area contributed by atoms with Crippen molar-refractivity contribution in [3.63, 3.8) is 0 Å². The van der Waals surface area contributed by atoms with Crippen LogP contribution in [-0.4, -0.2) is 27.7 Å². The highest BCUT2D eigenvalue weighted by molar-refractivity contribution is 6.30. The van der Waals surface area contributed by atoms with Crippen LogP contribution in [0.5, 0.6) is 5.75 Å². The number of nitro benzene ring substituents is 1. The lowest BCUT2D eigenvalue weighted by Gasteiger charge is -2.13. The summed E-state index contributed by atoms with van der Waals surface area (Å²) < 4.78 is 6.31. The van der Waals surface area contributed by atoms with Gasteiger partial charge in [0.2, 0.25) is 5.91 Å². The smallest absolute Gasteiger partial charge is 0.296 e. The van der Waals surface area contributed by atoms with E-state index < -0.39 is 16.9 Å². The first-order valence-electron chi connectivity index (χ1n) is 6.25. The van der Waals surface area contributed by atoms with Crippen molar-refractivity contribution in [2.45, 2.75) is 13.0 Å². The molecule has 1 unspecified atom stereocenters. The summed E-state index contributed by atoms with van der Waals surface area (Å²) in [6.45, 7) is 1.61. The number of rotatable bonds is 5. The molecule has 1 aromatic carbocycles. The number of aromatic nitrogens is 2. The summed E-state index contributed by atoms with van der Waals surface area (Å²) >= 11 is 5.75. The molecule has 1 aromatic heterocycles. The normalized spacial score (nSPS) is 11.8. The third kappa shape index (κ3) is 3.34. The first-order chi connectivity index (χ1) is 10.4. The molecular weight excluding hydrogens is 312 g/mol. The van der Waals surface area contributed by atoms with Gasteiger partial charge in [0, 0.05) is 6.20 Å². The molecule has 8 nitrogen and oxygen atoms in total. The number of hydrogen-bond donors (Lipinski definition) is 1. The van der Waals surface area contributed by atoms with Gasteiger partial charge in [-0.05, 0) is 19.1 Å². The fourth-order valence-electron chi connectivity index (χ4n) is 1.78. The second-order valence-corrected chi connectivity index (χ2v) is 4.88. The molecule has 0 saturated carbocycles. The number of amides is 1. The molecule has 2 rings (SSSR count). The third-order valence-corrected chi connectivity index (χ3v) is 3.20. The van der Waals surface area contributed by atoms with Crippen molar-refractivity contribution in [3.05, 3.63) is 45.7 Å². The first kappa shape index (κ1) is 15.8. The molecule has 1 heterocycles. The Labute approximate surface area is 130 Å². The molecule has 0 aliphatic carbocycles. The summed E-state index contributed by atoms with van der Waals surface area (Å²) in [7, 11) is 1.40. The number of nitrogens with one attached hydrogen (secondary N) is 1. The van der Waals surface area contributed by atoms with Crippen molar-refractivity contribution in [1.29, 1.82) is 0 Å². The average molecular weight is 325 g/mol. The van der Waals surface area contributed by atoms with Crippen molar-refractivity contribution in [2.75, 3.05) is 12.4 Å². The number of carbonyl (C=O) groups is 1. The fourth-order valence-corrected chi connectivity index (χ4v) is 1.92. The van der Waals surface area contributed by atoms with Crippen LogP contribution >= 0.6 is 11.6 Å². The summed E-state index contributed by atoms with van der Waals surface area (Å²) in [5.74, 6) is -0.121. The highest BCUT2D eigenvalue weighted by Gasteiger charge is 2.21. The molecule has 1 amide bonds. The van der Waals surface area contributed by atoms with Crippen LogP contribution in [-0.2, 0) is 4.79 Å². The van der Waals surface area contributed by atoms with E-state index in [-0.39, 0.29) is 11.4 Å². The Morgan fingerprint density at radius 3 is 2.82 bits per heavy atom. The number of carbonyl (C=O) groups excluding carboxylic acids is 1. The van der Waals surface area contributed by atoms with Gasteiger partial charge in [0.05, 0.1) is 29.3 Å². The van der Waals surface area contributed by atoms with E-state index in [1.807, 2.05) is 0 Å². The quantitative estimate of drug-likeness (QED) is 0.673. The minimum atomic E-state index is -0.672. The molecule has 0 fully saturated rings. The lowest BCUT2D eigenvalue weighted by molar-refractivity contribution is -0.384. The lowest BCUT2D eigenvalue weighted by atomic mass is 10.2. The minimum absolute atomic E-state index is 0.0842. The third-order valence-electron chi connectivity index (χ3n) is 3.01. The van der Waals surface area contributed by atoms with E-state index in [0.29, 0.717) is 10.8 Å². The maximum atomic E-state index is 12.2. The predicted molar refractivity (Wildman–Crippen MR) is 80.2 cm³/mol. The zero-order valence-electron chi connectivity index (χ0n) is 11.8. The molecule has 1 N–H and O–H groups in total. The number of ether oxygens (including phenoxy) is 1. The highest BCUT2D eigenvalue weighted by Crippen LogP contribution is 2.29. The van der Waals surface area contributed by atoms with Gasteiger partial charge in [-0.1, -0.05) is 11.6 Å². The number of anilines is 1. The van der Waals surface area contributed by atoms with E-state index in [1.54, 1.807) is 6.92 Å². The largest absolute Gasteiger partial charge is 0.496 e. The van der Waals surface area contributed by atoms with Crippen LogP contribution in [0.4, 0.5) is 11.4 Å². The number of nitrogens with zero attached hydrogens (tertiary/aromatic N) is 3. The van der Waals surface area contributed by atoms with Gasteiger partial charge in [0.1, 0.15) is 17.5 Å². The van der Waals surface area contributed by atoms with Crippen LogP contribution in [0.2, 0.25) is 5.02 Å². The van der Waals surface area contributed by atoms with Crippen LogP contribution < -0.4 is 10.1 Å². The molecule has 1 atom stereocenters. The van der Waals surface area contributed by atoms with E-state index in [1.165, 1.54) is 42.4 Å². The summed E-state index contributed by atoms with van der Waals surface area (Å²) in [4.78, 5) is 22.7. The Balaban J connectivity index is 2.22. The molecule has 0 bridgehead atoms. The van der Waals surface area contributed by atoms with Gasteiger partial charge in [-0.3, -0.25) is 19.6 Å². The van der Waals surface area contributed by atoms with E-state index in [9.17, 15) is 14.9 Å². The lowest BCUT2D eigenvalue weighted by Crippen LogP contribution is -2.24. The maximum absolute atomic E-state index is 12.2. The monoisotopic (exact) mass is 324 g/mol. The summed E-state index contributed by atoms with van der Waals surface area (Å²) in [5.41, 5.74) is -0.167. The number of hydrogen-bond acceptors (Lipinski definition) is 5. The number of halogens is 1. The van der Waals surface area contributed by atoms with Crippen LogP contribution in [0, 0.1) is 10.1 Å². The van der Waals surface area contributed by atoms with Crippen molar-refractivity contribution in [2.24, 2.45) is 0 Å². The van der Waals surface area contributed by atoms with Gasteiger partial charge in [0.25, 0.3) is 5.69 Å². The Bertz CT molecular complexity index is 716. The molecule has 2 aromatic rings. The van der Waals surface area contributed by atoms with E-state index in [0.717, 1.165) is 0 Å². The van der Waals surface area contributed by atoms with Crippen LogP contribution in [0.25, 0.3) is 0 Å². The van der Waals surface area contributed by atoms with Gasteiger partial charge in [0.15, 0.2) is 0 Å². The average Bonchev–Trinajstić information content (AvgIpc) is 2.93. The predicted octanol–water partition coefficient (Wildman–Crippen LogP) is 2.65. The minimum Gasteiger partial charge on any atom is -0.496 e. The van der Waals surface area contributed by atoms with Gasteiger partial charge in [-0.25, -0.2) is 0 Å². The summed E-state index contributed by atoms with van der Waals surface area (Å²) in [6.07, 6.45) is 2.90. The topological polar surface area (TPSA) is 99.3 Å². The fraction of sp³-hybridized carbons (Fsp3) is 0.231. The molecule has 9 heteroatoms. The summed E-state index contributed by atoms with van der Waals surface area (Å²) in [5, 5.41) is 17.9. The molecule has 116 valence electrons. The second-order valence-electron chi connectivity index (χ2n) is 4.44. The zero-order chi connectivity index (χ0) is 16.3. The van der Waals surface area contributed by atoms with Gasteiger partial charge in [-0.2, -0.15) is 5.10 Å². The highest BCUT2D eigenvalue weighted by atomic mass is 35.5. The molecule has 22 heavy (non-hydrogen) atoms. The first-order valence-corrected chi connectivity index (χ1v) is 6.63. The van der Waals surface area contributed by atoms with Crippen LogP contribution in [0.15, 0.2) is 30.6 Å². The second kappa shape index (κ2) is 6.44. The molecule has 0 aliphatic heterocycles. The molecule has 0 aliphatic rings. The Morgan fingerprint density at radius 2 is 2.27 bits per heavy atom. The number of benzene rings is 1. The summed E-state index contributed by atoms with van der Waals surface area (Å²) in [6, 6.07) is 3.51. The van der Waals surface area contributed by atoms with E-state index >= 15 is 0 Å². The van der Waals surface area contributed by atoms with Crippen LogP contribution in [0.1, 0.15) is 13.0 Å². The van der Waals surface area contributed by atoms with Crippen LogP contribution in [0.3, 0.4) is 0 Å². The molecule has 0 radical (unpaired) electrons. The van der Waals surface area contributed by atoms with E-state index in [4.69, 9.17) is 16.3 Å². The van der Waals surface area contributed by atoms with Crippen molar-refractivity contribution < 1.29 is 14.5 Å². The number of nitro groups is 1. The standard InChI is InChI=1S/C13H13ClN4O4/c1-8(17-7-9(14)6-15-17)13(19)16-11-4-3-10(22-2)5-12(11)18(20)21/h3-8H,1-2H3,(H,16,19). The van der Waals surface area contributed by atoms with E-state index in [2.05, 4.69) is 10.4 Å². The van der Waals surface area contributed by atoms with Gasteiger partial charge >= 0.3 is 0 Å². The Hall–Kier alpha value is -2.61. The van der Waals surface area contributed by atoms with Crippen molar-refractivity contribution in [1.82, 2.24) is 9.78 Å². The molecule has 0 saturated heterocycles. The van der Waals surface area contributed by atoms with Crippen molar-refractivity contribution >= 4 is 28.9 Å². The molecule has 0 spiro atoms. The van der Waals surface area contributed by atoms with Gasteiger partial charge in [-0.15, -0.1) is 0 Å². The number of methoxy groups -OCH3 is 1.